The van der Waals surface area contributed by atoms with Gasteiger partial charge in [-0.25, -0.2) is 0 Å². The van der Waals surface area contributed by atoms with Crippen molar-refractivity contribution in [3.8, 4) is 0 Å². The third kappa shape index (κ3) is 5.57. The van der Waals surface area contributed by atoms with E-state index in [1.54, 1.807) is 0 Å². The Kier molecular flexibility index (Phi) is 6.45. The van der Waals surface area contributed by atoms with E-state index in [2.05, 4.69) is 18.7 Å². The summed E-state index contributed by atoms with van der Waals surface area (Å²) in [5, 5.41) is 10.8. The molecule has 0 saturated carbocycles. The van der Waals surface area contributed by atoms with Crippen molar-refractivity contribution in [1.82, 2.24) is 4.90 Å². The summed E-state index contributed by atoms with van der Waals surface area (Å²) in [6.45, 7) is 7.20. The topological polar surface area (TPSA) is 41.9 Å². The molecule has 1 aromatic rings. The zero-order valence-corrected chi connectivity index (χ0v) is 13.4. The molecule has 5 heteroatoms. The van der Waals surface area contributed by atoms with Gasteiger partial charge in [-0.2, -0.15) is 0 Å². The molecule has 4 nitrogen and oxygen atoms in total. The largest absolute Gasteiger partial charge is 0.389 e. The van der Waals surface area contributed by atoms with Crippen molar-refractivity contribution in [2.75, 3.05) is 26.3 Å². The lowest BCUT2D eigenvalue weighted by atomic mass is 10.2. The van der Waals surface area contributed by atoms with Gasteiger partial charge >= 0.3 is 0 Å². The Hall–Kier alpha value is -0.650. The number of hydrogen-bond acceptors (Lipinski definition) is 4. The van der Waals surface area contributed by atoms with Crippen LogP contribution in [0.3, 0.4) is 0 Å². The van der Waals surface area contributed by atoms with Gasteiger partial charge in [0.25, 0.3) is 0 Å². The molecule has 3 unspecified atom stereocenters. The zero-order valence-electron chi connectivity index (χ0n) is 12.7. The average Bonchev–Trinajstić information content (AvgIpc) is 2.45. The molecule has 1 aliphatic rings. The maximum absolute atomic E-state index is 10.1. The predicted molar refractivity (Wildman–Crippen MR) is 83.6 cm³/mol. The first kappa shape index (κ1) is 16.7. The standard InChI is InChI=1S/C16H24ClNO3/c1-12-9-21-13(2)7-18(12)8-16(19)11-20-10-14-3-5-15(17)6-4-14/h3-6,12-13,16,19H,7-11H2,1-2H3. The SMILES string of the molecule is CC1CN(CC(O)COCc2ccc(Cl)cc2)C(C)CO1. The smallest absolute Gasteiger partial charge is 0.0900 e. The first-order valence-electron chi connectivity index (χ1n) is 7.40. The van der Waals surface area contributed by atoms with Crippen molar-refractivity contribution in [2.24, 2.45) is 0 Å². The van der Waals surface area contributed by atoms with Crippen LogP contribution in [0, 0.1) is 0 Å². The summed E-state index contributed by atoms with van der Waals surface area (Å²) in [4.78, 5) is 2.25. The molecule has 1 saturated heterocycles. The molecule has 1 heterocycles. The second-order valence-corrected chi connectivity index (χ2v) is 6.18. The number of β-amino-alcohol motifs (C(OH)–C–C–N with tert-alkyl or cyclic N) is 1. The van der Waals surface area contributed by atoms with Crippen LogP contribution in [0.2, 0.25) is 5.02 Å². The fourth-order valence-corrected chi connectivity index (χ4v) is 2.57. The lowest BCUT2D eigenvalue weighted by Crippen LogP contribution is -2.50. The molecule has 21 heavy (non-hydrogen) atoms. The number of nitrogens with zero attached hydrogens (tertiary/aromatic N) is 1. The van der Waals surface area contributed by atoms with E-state index in [9.17, 15) is 5.11 Å². The van der Waals surface area contributed by atoms with E-state index in [1.165, 1.54) is 0 Å². The molecular weight excluding hydrogens is 290 g/mol. The number of aliphatic hydroxyl groups is 1. The van der Waals surface area contributed by atoms with Crippen molar-refractivity contribution in [3.63, 3.8) is 0 Å². The maximum atomic E-state index is 10.1. The van der Waals surface area contributed by atoms with Crippen molar-refractivity contribution in [3.05, 3.63) is 34.9 Å². The third-order valence-electron chi connectivity index (χ3n) is 3.67. The van der Waals surface area contributed by atoms with Crippen LogP contribution >= 0.6 is 11.6 Å². The van der Waals surface area contributed by atoms with E-state index in [-0.39, 0.29) is 6.10 Å². The quantitative estimate of drug-likeness (QED) is 0.875. The molecule has 1 fully saturated rings. The van der Waals surface area contributed by atoms with Crippen LogP contribution in [-0.4, -0.2) is 54.6 Å². The Bertz CT molecular complexity index is 426. The van der Waals surface area contributed by atoms with Crippen molar-refractivity contribution in [2.45, 2.75) is 38.7 Å². The highest BCUT2D eigenvalue weighted by Crippen LogP contribution is 2.13. The first-order valence-corrected chi connectivity index (χ1v) is 7.78. The van der Waals surface area contributed by atoms with Gasteiger partial charge in [0.1, 0.15) is 0 Å². The highest BCUT2D eigenvalue weighted by Gasteiger charge is 2.25. The molecule has 0 radical (unpaired) electrons. The summed E-state index contributed by atoms with van der Waals surface area (Å²) in [5.74, 6) is 0. The summed E-state index contributed by atoms with van der Waals surface area (Å²) < 4.78 is 11.2. The van der Waals surface area contributed by atoms with Crippen molar-refractivity contribution >= 4 is 11.6 Å². The highest BCUT2D eigenvalue weighted by molar-refractivity contribution is 6.30. The minimum absolute atomic E-state index is 0.225. The van der Waals surface area contributed by atoms with Gasteiger partial charge in [-0.1, -0.05) is 23.7 Å². The van der Waals surface area contributed by atoms with Crippen LogP contribution in [0.4, 0.5) is 0 Å². The number of halogens is 1. The number of hydrogen-bond donors (Lipinski definition) is 1. The van der Waals surface area contributed by atoms with Gasteiger partial charge in [-0.15, -0.1) is 0 Å². The monoisotopic (exact) mass is 313 g/mol. The Morgan fingerprint density at radius 2 is 2.10 bits per heavy atom. The van der Waals surface area contributed by atoms with Crippen molar-refractivity contribution < 1.29 is 14.6 Å². The maximum Gasteiger partial charge on any atom is 0.0900 e. The van der Waals surface area contributed by atoms with E-state index in [1.807, 2.05) is 24.3 Å². The second kappa shape index (κ2) is 8.11. The lowest BCUT2D eigenvalue weighted by Gasteiger charge is -2.37. The molecule has 0 bridgehead atoms. The van der Waals surface area contributed by atoms with Crippen LogP contribution in [0.5, 0.6) is 0 Å². The Morgan fingerprint density at radius 1 is 1.38 bits per heavy atom. The normalized spacial score (nSPS) is 25.0. The molecule has 2 rings (SSSR count). The minimum atomic E-state index is -0.481. The number of benzene rings is 1. The third-order valence-corrected chi connectivity index (χ3v) is 3.93. The van der Waals surface area contributed by atoms with Gasteiger partial charge in [0.2, 0.25) is 0 Å². The highest BCUT2D eigenvalue weighted by atomic mass is 35.5. The van der Waals surface area contributed by atoms with E-state index in [4.69, 9.17) is 21.1 Å². The van der Waals surface area contributed by atoms with Crippen LogP contribution in [0.15, 0.2) is 24.3 Å². The molecule has 0 amide bonds. The van der Waals surface area contributed by atoms with E-state index in [0.717, 1.165) is 18.7 Å². The van der Waals surface area contributed by atoms with Crippen LogP contribution in [-0.2, 0) is 16.1 Å². The fraction of sp³-hybridized carbons (Fsp3) is 0.625. The molecule has 1 aliphatic heterocycles. The van der Waals surface area contributed by atoms with Gasteiger partial charge in [-0.3, -0.25) is 4.90 Å². The number of rotatable bonds is 6. The van der Waals surface area contributed by atoms with Crippen LogP contribution in [0.25, 0.3) is 0 Å². The lowest BCUT2D eigenvalue weighted by molar-refractivity contribution is -0.0712. The number of aliphatic hydroxyl groups excluding tert-OH is 1. The van der Waals surface area contributed by atoms with Gasteiger partial charge in [0, 0.05) is 24.2 Å². The average molecular weight is 314 g/mol. The van der Waals surface area contributed by atoms with Gasteiger partial charge in [-0.05, 0) is 31.5 Å². The number of ether oxygens (including phenoxy) is 2. The molecular formula is C16H24ClNO3. The van der Waals surface area contributed by atoms with Gasteiger partial charge in [0.15, 0.2) is 0 Å². The summed E-state index contributed by atoms with van der Waals surface area (Å²) >= 11 is 5.83. The van der Waals surface area contributed by atoms with Crippen molar-refractivity contribution in [1.29, 1.82) is 0 Å². The molecule has 3 atom stereocenters. The Morgan fingerprint density at radius 3 is 2.81 bits per heavy atom. The molecule has 1 aromatic carbocycles. The molecule has 0 spiro atoms. The molecule has 0 aromatic heterocycles. The van der Waals surface area contributed by atoms with Gasteiger partial charge < -0.3 is 14.6 Å². The van der Waals surface area contributed by atoms with Crippen LogP contribution in [0.1, 0.15) is 19.4 Å². The number of morpholine rings is 1. The summed E-state index contributed by atoms with van der Waals surface area (Å²) in [7, 11) is 0. The van der Waals surface area contributed by atoms with Crippen LogP contribution < -0.4 is 0 Å². The predicted octanol–water partition coefficient (Wildman–Crippen LogP) is 2.33. The Labute approximate surface area is 131 Å². The first-order chi connectivity index (χ1) is 10.0. The zero-order chi connectivity index (χ0) is 15.2. The molecule has 0 aliphatic carbocycles. The van der Waals surface area contributed by atoms with E-state index in [0.29, 0.717) is 30.8 Å². The van der Waals surface area contributed by atoms with E-state index < -0.39 is 6.10 Å². The minimum Gasteiger partial charge on any atom is -0.389 e. The van der Waals surface area contributed by atoms with E-state index >= 15 is 0 Å². The fourth-order valence-electron chi connectivity index (χ4n) is 2.44. The molecule has 118 valence electrons. The van der Waals surface area contributed by atoms with Gasteiger partial charge in [0.05, 0.1) is 32.0 Å². The second-order valence-electron chi connectivity index (χ2n) is 5.74. The summed E-state index contributed by atoms with van der Waals surface area (Å²) in [5.41, 5.74) is 1.06. The molecule has 1 N–H and O–H groups in total. The summed E-state index contributed by atoms with van der Waals surface area (Å²) in [6, 6.07) is 7.88. The summed E-state index contributed by atoms with van der Waals surface area (Å²) in [6.07, 6.45) is -0.256. The Balaban J connectivity index is 1.69.